The minimum absolute atomic E-state index is 0.283. The van der Waals surface area contributed by atoms with Crippen LogP contribution < -0.4 is 4.74 Å². The summed E-state index contributed by atoms with van der Waals surface area (Å²) in [5, 5.41) is 4.08. The molecule has 0 unspecified atom stereocenters. The van der Waals surface area contributed by atoms with E-state index in [1.54, 1.807) is 30.3 Å². The molecular weight excluding hydrogens is 258 g/mol. The Kier molecular flexibility index (Phi) is 3.04. The Hall–Kier alpha value is -2.89. The van der Waals surface area contributed by atoms with Crippen LogP contribution in [0, 0.1) is 0 Å². The molecule has 20 heavy (non-hydrogen) atoms. The molecule has 0 radical (unpaired) electrons. The molecule has 0 saturated carbocycles. The molecular formula is C14H11N3O3. The van der Waals surface area contributed by atoms with Crippen molar-refractivity contribution in [1.82, 2.24) is 14.8 Å². The van der Waals surface area contributed by atoms with Crippen LogP contribution in [-0.2, 0) is 0 Å². The fourth-order valence-electron chi connectivity index (χ4n) is 1.89. The quantitative estimate of drug-likeness (QED) is 0.680. The topological polar surface area (TPSA) is 70.2 Å². The number of methoxy groups -OCH3 is 1. The average molecular weight is 269 g/mol. The first-order valence-electron chi connectivity index (χ1n) is 5.89. The minimum atomic E-state index is 0.283. The lowest BCUT2D eigenvalue weighted by atomic mass is 10.1. The monoisotopic (exact) mass is 269 g/mol. The summed E-state index contributed by atoms with van der Waals surface area (Å²) >= 11 is 0. The Balaban J connectivity index is 2.10. The molecule has 0 bridgehead atoms. The molecule has 0 fully saturated rings. The molecule has 3 aromatic rings. The zero-order valence-corrected chi connectivity index (χ0v) is 10.7. The minimum Gasteiger partial charge on any atom is -0.497 e. The highest BCUT2D eigenvalue weighted by molar-refractivity contribution is 5.73. The van der Waals surface area contributed by atoms with Gasteiger partial charge in [0.2, 0.25) is 0 Å². The van der Waals surface area contributed by atoms with E-state index in [1.807, 2.05) is 18.2 Å². The van der Waals surface area contributed by atoms with Crippen LogP contribution in [0.15, 0.2) is 47.4 Å². The third-order valence-corrected chi connectivity index (χ3v) is 2.84. The molecule has 0 saturated heterocycles. The fourth-order valence-corrected chi connectivity index (χ4v) is 1.89. The fraction of sp³-hybridized carbons (Fsp3) is 0.0714. The Bertz CT molecular complexity index is 732. The van der Waals surface area contributed by atoms with Gasteiger partial charge in [0.25, 0.3) is 0 Å². The van der Waals surface area contributed by atoms with Gasteiger partial charge in [-0.1, -0.05) is 0 Å². The van der Waals surface area contributed by atoms with Crippen LogP contribution >= 0.6 is 0 Å². The van der Waals surface area contributed by atoms with E-state index >= 15 is 0 Å². The van der Waals surface area contributed by atoms with E-state index in [0.717, 1.165) is 11.3 Å². The summed E-state index contributed by atoms with van der Waals surface area (Å²) < 4.78 is 12.3. The van der Waals surface area contributed by atoms with Gasteiger partial charge in [-0.3, -0.25) is 4.79 Å². The van der Waals surface area contributed by atoms with E-state index in [1.165, 1.54) is 6.33 Å². The number of nitrogens with zero attached hydrogens (tertiary/aromatic N) is 3. The summed E-state index contributed by atoms with van der Waals surface area (Å²) in [5.74, 6) is 1.54. The van der Waals surface area contributed by atoms with Crippen molar-refractivity contribution in [3.05, 3.63) is 48.7 Å². The maximum Gasteiger partial charge on any atom is 0.185 e. The number of benzene rings is 1. The van der Waals surface area contributed by atoms with Gasteiger partial charge in [-0.2, -0.15) is 5.10 Å². The number of ether oxygens (including phenoxy) is 1. The Labute approximate surface area is 114 Å². The molecule has 0 spiro atoms. The highest BCUT2D eigenvalue weighted by Gasteiger charge is 2.09. The molecule has 0 amide bonds. The van der Waals surface area contributed by atoms with Crippen LogP contribution in [0.1, 0.15) is 10.6 Å². The predicted molar refractivity (Wildman–Crippen MR) is 71.0 cm³/mol. The number of aldehydes is 1. The normalized spacial score (nSPS) is 10.4. The summed E-state index contributed by atoms with van der Waals surface area (Å²) in [6.45, 7) is 0. The SMILES string of the molecule is COc1cc(-c2ccc(C=O)o2)cc(-n2cncn2)c1. The summed E-state index contributed by atoms with van der Waals surface area (Å²) in [5.41, 5.74) is 1.59. The van der Waals surface area contributed by atoms with Crippen LogP contribution in [0.5, 0.6) is 5.75 Å². The maximum atomic E-state index is 10.7. The van der Waals surface area contributed by atoms with Gasteiger partial charge in [0, 0.05) is 11.6 Å². The van der Waals surface area contributed by atoms with Crippen molar-refractivity contribution in [2.24, 2.45) is 0 Å². The lowest BCUT2D eigenvalue weighted by Crippen LogP contribution is -1.96. The molecule has 1 aromatic carbocycles. The van der Waals surface area contributed by atoms with E-state index < -0.39 is 0 Å². The Morgan fingerprint density at radius 1 is 1.30 bits per heavy atom. The summed E-state index contributed by atoms with van der Waals surface area (Å²) in [4.78, 5) is 14.6. The van der Waals surface area contributed by atoms with Crippen molar-refractivity contribution in [2.75, 3.05) is 7.11 Å². The number of hydrogen-bond acceptors (Lipinski definition) is 5. The summed E-state index contributed by atoms with van der Waals surface area (Å²) in [6, 6.07) is 8.90. The van der Waals surface area contributed by atoms with Crippen molar-refractivity contribution in [3.63, 3.8) is 0 Å². The van der Waals surface area contributed by atoms with E-state index in [0.29, 0.717) is 17.8 Å². The van der Waals surface area contributed by atoms with Gasteiger partial charge in [-0.15, -0.1) is 0 Å². The van der Waals surface area contributed by atoms with Gasteiger partial charge >= 0.3 is 0 Å². The van der Waals surface area contributed by atoms with Crippen LogP contribution in [-0.4, -0.2) is 28.2 Å². The number of aromatic nitrogens is 3. The van der Waals surface area contributed by atoms with Crippen LogP contribution in [0.25, 0.3) is 17.0 Å². The molecule has 0 aliphatic rings. The van der Waals surface area contributed by atoms with E-state index in [-0.39, 0.29) is 5.76 Å². The molecule has 3 rings (SSSR count). The second-order valence-corrected chi connectivity index (χ2v) is 4.08. The van der Waals surface area contributed by atoms with Crippen LogP contribution in [0.2, 0.25) is 0 Å². The molecule has 6 nitrogen and oxygen atoms in total. The van der Waals surface area contributed by atoms with Gasteiger partial charge in [0.15, 0.2) is 12.0 Å². The summed E-state index contributed by atoms with van der Waals surface area (Å²) in [6.07, 6.45) is 3.72. The van der Waals surface area contributed by atoms with Crippen LogP contribution in [0.4, 0.5) is 0 Å². The molecule has 6 heteroatoms. The molecule has 0 aliphatic heterocycles. The largest absolute Gasteiger partial charge is 0.497 e. The van der Waals surface area contributed by atoms with Crippen molar-refractivity contribution >= 4 is 6.29 Å². The first kappa shape index (κ1) is 12.2. The van der Waals surface area contributed by atoms with Crippen molar-refractivity contribution in [3.8, 4) is 22.8 Å². The van der Waals surface area contributed by atoms with Gasteiger partial charge in [0.05, 0.1) is 12.8 Å². The Morgan fingerprint density at radius 2 is 2.20 bits per heavy atom. The number of hydrogen-bond donors (Lipinski definition) is 0. The zero-order chi connectivity index (χ0) is 13.9. The first-order valence-corrected chi connectivity index (χ1v) is 5.89. The number of carbonyl (C=O) groups is 1. The molecule has 0 atom stereocenters. The molecule has 0 aliphatic carbocycles. The second-order valence-electron chi connectivity index (χ2n) is 4.08. The van der Waals surface area contributed by atoms with Crippen molar-refractivity contribution in [2.45, 2.75) is 0 Å². The summed E-state index contributed by atoms with van der Waals surface area (Å²) in [7, 11) is 1.59. The van der Waals surface area contributed by atoms with Crippen molar-refractivity contribution in [1.29, 1.82) is 0 Å². The number of furan rings is 1. The van der Waals surface area contributed by atoms with Gasteiger partial charge in [0.1, 0.15) is 24.2 Å². The third-order valence-electron chi connectivity index (χ3n) is 2.84. The maximum absolute atomic E-state index is 10.7. The van der Waals surface area contributed by atoms with E-state index in [4.69, 9.17) is 9.15 Å². The predicted octanol–water partition coefficient (Wildman–Crippen LogP) is 2.35. The molecule has 2 heterocycles. The Morgan fingerprint density at radius 3 is 2.85 bits per heavy atom. The number of rotatable bonds is 4. The van der Waals surface area contributed by atoms with E-state index in [9.17, 15) is 4.79 Å². The lowest BCUT2D eigenvalue weighted by molar-refractivity contribution is 0.110. The zero-order valence-electron chi connectivity index (χ0n) is 10.7. The van der Waals surface area contributed by atoms with Gasteiger partial charge in [-0.25, -0.2) is 9.67 Å². The van der Waals surface area contributed by atoms with Crippen molar-refractivity contribution < 1.29 is 13.9 Å². The highest BCUT2D eigenvalue weighted by Crippen LogP contribution is 2.28. The molecule has 0 N–H and O–H groups in total. The second kappa shape index (κ2) is 5.00. The molecule has 2 aromatic heterocycles. The molecule has 100 valence electrons. The smallest absolute Gasteiger partial charge is 0.185 e. The van der Waals surface area contributed by atoms with Gasteiger partial charge in [-0.05, 0) is 24.3 Å². The van der Waals surface area contributed by atoms with Crippen LogP contribution in [0.3, 0.4) is 0 Å². The number of carbonyl (C=O) groups excluding carboxylic acids is 1. The average Bonchev–Trinajstić information content (AvgIpc) is 3.17. The standard InChI is InChI=1S/C14H11N3O3/c1-19-13-5-10(14-3-2-12(7-18)20-14)4-11(6-13)17-9-15-8-16-17/h2-9H,1H3. The highest BCUT2D eigenvalue weighted by atomic mass is 16.5. The van der Waals surface area contributed by atoms with Gasteiger partial charge < -0.3 is 9.15 Å². The lowest BCUT2D eigenvalue weighted by Gasteiger charge is -2.07. The van der Waals surface area contributed by atoms with E-state index in [2.05, 4.69) is 10.1 Å². The first-order chi connectivity index (χ1) is 9.80. The third kappa shape index (κ3) is 2.18.